The predicted molar refractivity (Wildman–Crippen MR) is 181 cm³/mol. The Morgan fingerprint density at radius 2 is 1.61 bits per heavy atom. The quantitative estimate of drug-likeness (QED) is 0.238. The number of amidine groups is 1. The second-order valence-corrected chi connectivity index (χ2v) is 12.5. The average Bonchev–Trinajstić information content (AvgIpc) is 3.48. The molecule has 9 nitrogen and oxygen atoms in total. The molecule has 2 aliphatic rings. The summed E-state index contributed by atoms with van der Waals surface area (Å²) in [5, 5.41) is 12.5. The Balaban J connectivity index is 1.55. The van der Waals surface area contributed by atoms with Gasteiger partial charge in [-0.3, -0.25) is 19.6 Å². The number of nitrogens with zero attached hydrogens (tertiary/aromatic N) is 5. The fraction of sp³-hybridized carbons (Fsp3) is 0.371. The standard InChI is InChI=1S/C35H35Cl2F3N6O3/c1-3-49-29-21-25(35(38,39)40)9-14-28(29)32-43-30(23-5-10-26(36)11-6-23)31(24-7-12-27(37)13-8-24)46(32)34(48)45-19-17-44(18-20-45)22(2)33(47)42-16-4-15-41/h5-14,21-22,30-31H,3-4,16-20H2,1-2H3,(H,42,47). The van der Waals surface area contributed by atoms with Gasteiger partial charge in [0.25, 0.3) is 0 Å². The molecule has 2 heterocycles. The minimum atomic E-state index is -4.61. The lowest BCUT2D eigenvalue weighted by Gasteiger charge is -2.40. The molecular formula is C35H35Cl2F3N6O3. The van der Waals surface area contributed by atoms with E-state index >= 15 is 0 Å². The number of urea groups is 1. The topological polar surface area (TPSA) is 101 Å². The van der Waals surface area contributed by atoms with Crippen molar-refractivity contribution < 1.29 is 27.5 Å². The third kappa shape index (κ3) is 8.12. The molecule has 0 bridgehead atoms. The monoisotopic (exact) mass is 714 g/mol. The summed E-state index contributed by atoms with van der Waals surface area (Å²) in [4.78, 5) is 37.6. The summed E-state index contributed by atoms with van der Waals surface area (Å²) in [6.45, 7) is 5.14. The molecule has 49 heavy (non-hydrogen) atoms. The lowest BCUT2D eigenvalue weighted by atomic mass is 9.93. The molecule has 14 heteroatoms. The maximum atomic E-state index is 14.7. The zero-order valence-corrected chi connectivity index (χ0v) is 28.4. The van der Waals surface area contributed by atoms with E-state index in [1.807, 2.05) is 23.1 Å². The van der Waals surface area contributed by atoms with Gasteiger partial charge in [-0.25, -0.2) is 4.79 Å². The number of nitriles is 1. The minimum absolute atomic E-state index is 0.0541. The lowest BCUT2D eigenvalue weighted by Crippen LogP contribution is -2.57. The molecule has 3 aromatic rings. The van der Waals surface area contributed by atoms with Crippen LogP contribution in [0.25, 0.3) is 0 Å². The Morgan fingerprint density at radius 1 is 1.00 bits per heavy atom. The van der Waals surface area contributed by atoms with E-state index in [2.05, 4.69) is 5.32 Å². The number of carbonyl (C=O) groups excluding carboxylic acids is 2. The third-order valence-electron chi connectivity index (χ3n) is 8.59. The fourth-order valence-electron chi connectivity index (χ4n) is 6.02. The average molecular weight is 716 g/mol. The number of hydrogen-bond donors (Lipinski definition) is 1. The Labute approximate surface area is 292 Å². The van der Waals surface area contributed by atoms with Crippen molar-refractivity contribution in [2.24, 2.45) is 4.99 Å². The smallest absolute Gasteiger partial charge is 0.416 e. The summed E-state index contributed by atoms with van der Waals surface area (Å²) in [7, 11) is 0. The van der Waals surface area contributed by atoms with E-state index in [-0.39, 0.29) is 55.7 Å². The summed E-state index contributed by atoms with van der Waals surface area (Å²) < 4.78 is 47.1. The van der Waals surface area contributed by atoms with Gasteiger partial charge in [-0.15, -0.1) is 0 Å². The van der Waals surface area contributed by atoms with Crippen LogP contribution in [0.5, 0.6) is 5.75 Å². The van der Waals surface area contributed by atoms with Crippen LogP contribution in [0.1, 0.15) is 54.6 Å². The Kier molecular flexibility index (Phi) is 11.4. The number of alkyl halides is 3. The number of carbonyl (C=O) groups is 2. The van der Waals surface area contributed by atoms with Crippen LogP contribution < -0.4 is 10.1 Å². The van der Waals surface area contributed by atoms with E-state index in [1.54, 1.807) is 55.1 Å². The summed E-state index contributed by atoms with van der Waals surface area (Å²) in [6, 6.07) is 17.0. The molecule has 5 rings (SSSR count). The Morgan fingerprint density at radius 3 is 2.18 bits per heavy atom. The molecule has 0 radical (unpaired) electrons. The molecule has 3 unspecified atom stereocenters. The first-order valence-electron chi connectivity index (χ1n) is 15.8. The molecule has 2 aliphatic heterocycles. The van der Waals surface area contributed by atoms with Crippen molar-refractivity contribution in [3.63, 3.8) is 0 Å². The van der Waals surface area contributed by atoms with Crippen LogP contribution >= 0.6 is 23.2 Å². The second kappa shape index (κ2) is 15.5. The molecule has 3 atom stereocenters. The van der Waals surface area contributed by atoms with Gasteiger partial charge in [-0.05, 0) is 67.4 Å². The summed E-state index contributed by atoms with van der Waals surface area (Å²) in [5.74, 6) is -0.0976. The second-order valence-electron chi connectivity index (χ2n) is 11.6. The zero-order chi connectivity index (χ0) is 35.3. The van der Waals surface area contributed by atoms with Crippen molar-refractivity contribution in [1.82, 2.24) is 20.0 Å². The number of amides is 3. The number of nitrogens with one attached hydrogen (secondary N) is 1. The first-order valence-corrected chi connectivity index (χ1v) is 16.6. The van der Waals surface area contributed by atoms with Crippen molar-refractivity contribution in [3.8, 4) is 11.8 Å². The number of benzene rings is 3. The van der Waals surface area contributed by atoms with Crippen LogP contribution in [0.3, 0.4) is 0 Å². The van der Waals surface area contributed by atoms with E-state index in [4.69, 9.17) is 38.2 Å². The molecule has 0 spiro atoms. The molecule has 1 N–H and O–H groups in total. The first-order chi connectivity index (χ1) is 23.4. The van der Waals surface area contributed by atoms with Gasteiger partial charge in [0.2, 0.25) is 5.91 Å². The van der Waals surface area contributed by atoms with Crippen molar-refractivity contribution in [1.29, 1.82) is 5.26 Å². The molecule has 258 valence electrons. The molecule has 3 aromatic carbocycles. The molecule has 1 saturated heterocycles. The van der Waals surface area contributed by atoms with Crippen molar-refractivity contribution >= 4 is 41.0 Å². The zero-order valence-electron chi connectivity index (χ0n) is 26.9. The first kappa shape index (κ1) is 36.0. The van der Waals surface area contributed by atoms with Crippen LogP contribution in [-0.4, -0.2) is 77.8 Å². The van der Waals surface area contributed by atoms with Crippen LogP contribution in [-0.2, 0) is 11.0 Å². The van der Waals surface area contributed by atoms with Crippen LogP contribution in [0, 0.1) is 11.3 Å². The third-order valence-corrected chi connectivity index (χ3v) is 9.10. The maximum absolute atomic E-state index is 14.7. The number of hydrogen-bond acceptors (Lipinski definition) is 6. The number of halogens is 5. The molecule has 3 amide bonds. The Bertz CT molecular complexity index is 1720. The summed E-state index contributed by atoms with van der Waals surface area (Å²) in [6.07, 6.45) is -4.41. The van der Waals surface area contributed by atoms with Gasteiger partial charge in [0.1, 0.15) is 17.6 Å². The van der Waals surface area contributed by atoms with E-state index < -0.39 is 35.9 Å². The van der Waals surface area contributed by atoms with E-state index in [0.29, 0.717) is 28.7 Å². The van der Waals surface area contributed by atoms with Gasteiger partial charge < -0.3 is 15.0 Å². The van der Waals surface area contributed by atoms with Gasteiger partial charge in [0.15, 0.2) is 0 Å². The van der Waals surface area contributed by atoms with E-state index in [1.165, 1.54) is 11.0 Å². The van der Waals surface area contributed by atoms with Gasteiger partial charge in [-0.1, -0.05) is 47.5 Å². The van der Waals surface area contributed by atoms with E-state index in [9.17, 15) is 22.8 Å². The summed E-state index contributed by atoms with van der Waals surface area (Å²) >= 11 is 12.5. The highest BCUT2D eigenvalue weighted by Crippen LogP contribution is 2.46. The van der Waals surface area contributed by atoms with Gasteiger partial charge in [-0.2, -0.15) is 18.4 Å². The molecular weight excluding hydrogens is 680 g/mol. The number of ether oxygens (including phenoxy) is 1. The molecule has 0 aliphatic carbocycles. The number of piperazine rings is 1. The minimum Gasteiger partial charge on any atom is -0.493 e. The fourth-order valence-corrected chi connectivity index (χ4v) is 6.27. The largest absolute Gasteiger partial charge is 0.493 e. The van der Waals surface area contributed by atoms with Crippen LogP contribution in [0.15, 0.2) is 71.7 Å². The number of rotatable bonds is 9. The van der Waals surface area contributed by atoms with Crippen LogP contribution in [0.4, 0.5) is 18.0 Å². The highest BCUT2D eigenvalue weighted by atomic mass is 35.5. The number of aliphatic imine (C=N–C) groups is 1. The SMILES string of the molecule is CCOc1cc(C(F)(F)F)ccc1C1=NC(c2ccc(Cl)cc2)C(c2ccc(Cl)cc2)N1C(=O)N1CCN(C(C)C(=O)NCCC#N)CC1. The summed E-state index contributed by atoms with van der Waals surface area (Å²) in [5.41, 5.74) is 0.798. The molecule has 0 saturated carbocycles. The maximum Gasteiger partial charge on any atom is 0.416 e. The van der Waals surface area contributed by atoms with Gasteiger partial charge in [0, 0.05) is 42.8 Å². The predicted octanol–water partition coefficient (Wildman–Crippen LogP) is 7.11. The van der Waals surface area contributed by atoms with Crippen molar-refractivity contribution in [2.45, 2.75) is 44.6 Å². The normalized spacial score (nSPS) is 18.9. The van der Waals surface area contributed by atoms with Gasteiger partial charge in [0.05, 0.1) is 42.3 Å². The van der Waals surface area contributed by atoms with Crippen molar-refractivity contribution in [3.05, 3.63) is 99.0 Å². The van der Waals surface area contributed by atoms with Crippen molar-refractivity contribution in [2.75, 3.05) is 39.3 Å². The molecule has 0 aromatic heterocycles. The highest BCUT2D eigenvalue weighted by Gasteiger charge is 2.45. The van der Waals surface area contributed by atoms with Crippen LogP contribution in [0.2, 0.25) is 10.0 Å². The van der Waals surface area contributed by atoms with E-state index in [0.717, 1.165) is 17.7 Å². The van der Waals surface area contributed by atoms with Gasteiger partial charge >= 0.3 is 12.2 Å². The lowest BCUT2D eigenvalue weighted by molar-refractivity contribution is -0.137. The highest BCUT2D eigenvalue weighted by molar-refractivity contribution is 6.30. The molecule has 1 fully saturated rings. The Hall–Kier alpha value is -4.31.